The van der Waals surface area contributed by atoms with Gasteiger partial charge in [-0.15, -0.1) is 0 Å². The average Bonchev–Trinajstić information content (AvgIpc) is 2.39. The van der Waals surface area contributed by atoms with Gasteiger partial charge in [0.1, 0.15) is 6.10 Å². The van der Waals surface area contributed by atoms with Crippen LogP contribution in [0.2, 0.25) is 0 Å². The maximum atomic E-state index is 13.5. The van der Waals surface area contributed by atoms with Crippen LogP contribution in [-0.2, 0) is 4.74 Å². The number of nitrogens with one attached hydrogen (secondary N) is 1. The Bertz CT molecular complexity index is 418. The predicted molar refractivity (Wildman–Crippen MR) is 78.1 cm³/mol. The van der Waals surface area contributed by atoms with E-state index in [-0.39, 0.29) is 11.9 Å². The van der Waals surface area contributed by atoms with Gasteiger partial charge in [-0.1, -0.05) is 15.9 Å². The van der Waals surface area contributed by atoms with Crippen molar-refractivity contribution in [2.24, 2.45) is 0 Å². The van der Waals surface area contributed by atoms with Gasteiger partial charge in [0, 0.05) is 24.2 Å². The van der Waals surface area contributed by atoms with Crippen LogP contribution in [0.3, 0.4) is 0 Å². The maximum absolute atomic E-state index is 13.5. The fourth-order valence-electron chi connectivity index (χ4n) is 1.63. The van der Waals surface area contributed by atoms with Gasteiger partial charge >= 0.3 is 0 Å². The van der Waals surface area contributed by atoms with Crippen molar-refractivity contribution in [2.45, 2.75) is 26.4 Å². The number of halogens is 3. The van der Waals surface area contributed by atoms with Gasteiger partial charge in [0.2, 0.25) is 5.82 Å². The van der Waals surface area contributed by atoms with Gasteiger partial charge < -0.3 is 14.8 Å². The van der Waals surface area contributed by atoms with Gasteiger partial charge in [0.15, 0.2) is 11.6 Å². The van der Waals surface area contributed by atoms with Crippen molar-refractivity contribution in [2.75, 3.05) is 26.3 Å². The molecule has 0 fully saturated rings. The van der Waals surface area contributed by atoms with Crippen LogP contribution >= 0.6 is 15.9 Å². The summed E-state index contributed by atoms with van der Waals surface area (Å²) >= 11 is 3.11. The van der Waals surface area contributed by atoms with Crippen LogP contribution < -0.4 is 10.1 Å². The topological polar surface area (TPSA) is 30.5 Å². The molecule has 1 atom stereocenters. The molecule has 0 aliphatic carbocycles. The largest absolute Gasteiger partial charge is 0.486 e. The summed E-state index contributed by atoms with van der Waals surface area (Å²) in [4.78, 5) is 0. The molecular formula is C14H20BrF2NO2. The Morgan fingerprint density at radius 3 is 2.80 bits per heavy atom. The molecule has 3 nitrogen and oxygen atoms in total. The first-order valence-corrected chi connectivity index (χ1v) is 7.43. The molecule has 0 bridgehead atoms. The van der Waals surface area contributed by atoms with E-state index in [1.165, 1.54) is 6.07 Å². The van der Waals surface area contributed by atoms with Gasteiger partial charge in [-0.3, -0.25) is 0 Å². The lowest BCUT2D eigenvalue weighted by Crippen LogP contribution is -2.30. The molecule has 1 unspecified atom stereocenters. The summed E-state index contributed by atoms with van der Waals surface area (Å²) in [6, 6.07) is 2.49. The molecule has 1 aromatic carbocycles. The Kier molecular flexibility index (Phi) is 8.02. The molecule has 1 aromatic rings. The summed E-state index contributed by atoms with van der Waals surface area (Å²) in [5, 5.41) is 3.18. The molecule has 0 saturated carbocycles. The minimum atomic E-state index is -0.962. The van der Waals surface area contributed by atoms with Crippen molar-refractivity contribution in [3.05, 3.63) is 28.2 Å². The van der Waals surface area contributed by atoms with Crippen LogP contribution in [0, 0.1) is 11.6 Å². The monoisotopic (exact) mass is 351 g/mol. The molecule has 1 rings (SSSR count). The van der Waals surface area contributed by atoms with Crippen LogP contribution in [0.25, 0.3) is 0 Å². The Labute approximate surface area is 126 Å². The van der Waals surface area contributed by atoms with Gasteiger partial charge in [-0.2, -0.15) is 4.39 Å². The molecule has 0 amide bonds. The smallest absolute Gasteiger partial charge is 0.200 e. The molecule has 114 valence electrons. The van der Waals surface area contributed by atoms with Crippen LogP contribution in [0.4, 0.5) is 8.78 Å². The second-order valence-corrected chi connectivity index (χ2v) is 5.30. The fourth-order valence-corrected chi connectivity index (χ4v) is 2.03. The first-order chi connectivity index (χ1) is 9.54. The molecule has 0 saturated heterocycles. The zero-order valence-corrected chi connectivity index (χ0v) is 13.3. The number of hydrogen-bond donors (Lipinski definition) is 1. The third-order valence-electron chi connectivity index (χ3n) is 2.57. The van der Waals surface area contributed by atoms with E-state index in [2.05, 4.69) is 21.2 Å². The summed E-state index contributed by atoms with van der Waals surface area (Å²) < 4.78 is 37.8. The van der Waals surface area contributed by atoms with Gasteiger partial charge in [0.25, 0.3) is 0 Å². The molecular weight excluding hydrogens is 332 g/mol. The van der Waals surface area contributed by atoms with Crippen molar-refractivity contribution >= 4 is 15.9 Å². The summed E-state index contributed by atoms with van der Waals surface area (Å²) in [6.45, 7) is 6.53. The molecule has 20 heavy (non-hydrogen) atoms. The number of benzene rings is 1. The second kappa shape index (κ2) is 9.26. The summed E-state index contributed by atoms with van der Waals surface area (Å²) in [5.74, 6) is -1.97. The van der Waals surface area contributed by atoms with Crippen LogP contribution in [0.5, 0.6) is 5.75 Å². The third-order valence-corrected chi connectivity index (χ3v) is 3.02. The summed E-state index contributed by atoms with van der Waals surface area (Å²) in [7, 11) is 0. The number of ether oxygens (including phenoxy) is 2. The highest BCUT2D eigenvalue weighted by Crippen LogP contribution is 2.26. The highest BCUT2D eigenvalue weighted by molar-refractivity contribution is 9.10. The van der Waals surface area contributed by atoms with Crippen molar-refractivity contribution in [3.63, 3.8) is 0 Å². The fraction of sp³-hybridized carbons (Fsp3) is 0.571. The highest BCUT2D eigenvalue weighted by atomic mass is 79.9. The number of hydrogen-bond acceptors (Lipinski definition) is 3. The zero-order valence-electron chi connectivity index (χ0n) is 11.7. The lowest BCUT2D eigenvalue weighted by molar-refractivity contribution is 0.143. The quantitative estimate of drug-likeness (QED) is 0.545. The average molecular weight is 352 g/mol. The first-order valence-electron chi connectivity index (χ1n) is 6.64. The minimum Gasteiger partial charge on any atom is -0.486 e. The molecule has 1 N–H and O–H groups in total. The van der Waals surface area contributed by atoms with E-state index in [0.29, 0.717) is 24.2 Å². The second-order valence-electron chi connectivity index (χ2n) is 4.38. The van der Waals surface area contributed by atoms with Crippen LogP contribution in [-0.4, -0.2) is 32.4 Å². The summed E-state index contributed by atoms with van der Waals surface area (Å²) in [5.41, 5.74) is 0. The van der Waals surface area contributed by atoms with Crippen LogP contribution in [0.15, 0.2) is 16.6 Å². The van der Waals surface area contributed by atoms with Crippen molar-refractivity contribution in [1.29, 1.82) is 0 Å². The van der Waals surface area contributed by atoms with E-state index in [9.17, 15) is 8.78 Å². The normalized spacial score (nSPS) is 12.4. The molecule has 6 heteroatoms. The van der Waals surface area contributed by atoms with E-state index in [1.54, 1.807) is 6.92 Å². The van der Waals surface area contributed by atoms with Gasteiger partial charge in [-0.05, 0) is 38.9 Å². The van der Waals surface area contributed by atoms with Crippen LogP contribution in [0.1, 0.15) is 20.3 Å². The Hall–Kier alpha value is -0.720. The first kappa shape index (κ1) is 17.3. The maximum Gasteiger partial charge on any atom is 0.200 e. The lowest BCUT2D eigenvalue weighted by Gasteiger charge is -2.16. The predicted octanol–water partition coefficient (Wildman–Crippen LogP) is 3.51. The minimum absolute atomic E-state index is 0.0829. The zero-order chi connectivity index (χ0) is 15.0. The summed E-state index contributed by atoms with van der Waals surface area (Å²) in [6.07, 6.45) is 0.644. The van der Waals surface area contributed by atoms with E-state index < -0.39 is 11.6 Å². The highest BCUT2D eigenvalue weighted by Gasteiger charge is 2.13. The van der Waals surface area contributed by atoms with E-state index in [1.807, 2.05) is 6.92 Å². The SMILES string of the molecule is CCOCCCNCC(C)Oc1cc(Br)cc(F)c1F. The van der Waals surface area contributed by atoms with E-state index >= 15 is 0 Å². The Morgan fingerprint density at radius 1 is 1.35 bits per heavy atom. The molecule has 0 radical (unpaired) electrons. The standard InChI is InChI=1S/C14H20BrF2NO2/c1-3-19-6-4-5-18-9-10(2)20-13-8-11(15)7-12(16)14(13)17/h7-8,10,18H,3-6,9H2,1-2H3. The number of rotatable bonds is 9. The van der Waals surface area contributed by atoms with Crippen molar-refractivity contribution in [1.82, 2.24) is 5.32 Å². The van der Waals surface area contributed by atoms with Crippen molar-refractivity contribution < 1.29 is 18.3 Å². The van der Waals surface area contributed by atoms with Gasteiger partial charge in [-0.25, -0.2) is 4.39 Å². The molecule has 0 heterocycles. The molecule has 0 aliphatic rings. The lowest BCUT2D eigenvalue weighted by atomic mass is 10.3. The van der Waals surface area contributed by atoms with E-state index in [0.717, 1.165) is 19.0 Å². The van der Waals surface area contributed by atoms with Crippen molar-refractivity contribution in [3.8, 4) is 5.75 Å². The van der Waals surface area contributed by atoms with E-state index in [4.69, 9.17) is 9.47 Å². The molecule has 0 aliphatic heterocycles. The third kappa shape index (κ3) is 6.15. The van der Waals surface area contributed by atoms with Gasteiger partial charge in [0.05, 0.1) is 0 Å². The Balaban J connectivity index is 2.33. The molecule has 0 spiro atoms. The Morgan fingerprint density at radius 2 is 2.10 bits per heavy atom. The molecule has 0 aromatic heterocycles.